The Morgan fingerprint density at radius 2 is 1.91 bits per heavy atom. The van der Waals surface area contributed by atoms with Crippen LogP contribution in [0.25, 0.3) is 22.0 Å². The lowest BCUT2D eigenvalue weighted by atomic mass is 9.95. The van der Waals surface area contributed by atoms with E-state index < -0.39 is 0 Å². The summed E-state index contributed by atoms with van der Waals surface area (Å²) in [6, 6.07) is 16.1. The Bertz CT molecular complexity index is 1330. The molecule has 1 N–H and O–H groups in total. The zero-order valence-corrected chi connectivity index (χ0v) is 19.7. The third-order valence-electron chi connectivity index (χ3n) is 6.22. The smallest absolute Gasteiger partial charge is 0.340 e. The summed E-state index contributed by atoms with van der Waals surface area (Å²) in [6.07, 6.45) is 3.57. The molecule has 0 amide bonds. The summed E-state index contributed by atoms with van der Waals surface area (Å²) in [7, 11) is 4.02. The number of nitrogens with one attached hydrogen (secondary N) is 1. The Morgan fingerprint density at radius 1 is 1.15 bits per heavy atom. The van der Waals surface area contributed by atoms with E-state index in [4.69, 9.17) is 9.47 Å². The number of esters is 1. The average Bonchev–Trinajstić information content (AvgIpc) is 3.15. The van der Waals surface area contributed by atoms with Crippen LogP contribution in [-0.4, -0.2) is 40.8 Å². The third kappa shape index (κ3) is 3.88. The summed E-state index contributed by atoms with van der Waals surface area (Å²) in [5.41, 5.74) is 6.46. The van der Waals surface area contributed by atoms with E-state index in [1.54, 1.807) is 12.4 Å². The fourth-order valence-corrected chi connectivity index (χ4v) is 4.63. The molecular formula is C27H28N4O3. The maximum Gasteiger partial charge on any atom is 0.340 e. The summed E-state index contributed by atoms with van der Waals surface area (Å²) in [5.74, 6) is 0.501. The molecule has 0 spiro atoms. The van der Waals surface area contributed by atoms with E-state index in [9.17, 15) is 4.79 Å². The number of aromatic nitrogens is 2. The Hall–Kier alpha value is -3.84. The Kier molecular flexibility index (Phi) is 5.94. The van der Waals surface area contributed by atoms with Gasteiger partial charge in [-0.05, 0) is 49.9 Å². The molecule has 4 aromatic rings. The number of fused-ring (bicyclic) bond motifs is 3. The van der Waals surface area contributed by atoms with Gasteiger partial charge in [-0.15, -0.1) is 0 Å². The number of carbonyl (C=O) groups is 1. The molecule has 0 saturated heterocycles. The molecule has 0 aliphatic carbocycles. The van der Waals surface area contributed by atoms with Gasteiger partial charge in [0.1, 0.15) is 12.5 Å². The fraction of sp³-hybridized carbons (Fsp3) is 0.259. The highest BCUT2D eigenvalue weighted by molar-refractivity contribution is 6.09. The van der Waals surface area contributed by atoms with Crippen molar-refractivity contribution >= 4 is 22.6 Å². The number of anilines is 1. The first kappa shape index (κ1) is 22.0. The molecule has 1 aliphatic rings. The topological polar surface area (TPSA) is 68.6 Å². The van der Waals surface area contributed by atoms with Gasteiger partial charge in [0.15, 0.2) is 0 Å². The number of para-hydroxylation sites is 1. The fourth-order valence-electron chi connectivity index (χ4n) is 4.63. The first-order valence-electron chi connectivity index (χ1n) is 11.4. The highest BCUT2D eigenvalue weighted by Gasteiger charge is 2.30. The van der Waals surface area contributed by atoms with Crippen molar-refractivity contribution in [1.82, 2.24) is 14.5 Å². The first-order chi connectivity index (χ1) is 16.6. The lowest BCUT2D eigenvalue weighted by Gasteiger charge is -2.28. The van der Waals surface area contributed by atoms with Gasteiger partial charge in [-0.1, -0.05) is 18.2 Å². The van der Waals surface area contributed by atoms with Gasteiger partial charge >= 0.3 is 5.97 Å². The maximum absolute atomic E-state index is 13.3. The van der Waals surface area contributed by atoms with Crippen molar-refractivity contribution in [2.45, 2.75) is 20.0 Å². The molecule has 0 fully saturated rings. The van der Waals surface area contributed by atoms with Crippen LogP contribution in [0.3, 0.4) is 0 Å². The van der Waals surface area contributed by atoms with Gasteiger partial charge in [0.2, 0.25) is 0 Å². The van der Waals surface area contributed by atoms with Crippen LogP contribution >= 0.6 is 0 Å². The highest BCUT2D eigenvalue weighted by atomic mass is 16.5. The molecule has 34 heavy (non-hydrogen) atoms. The van der Waals surface area contributed by atoms with Gasteiger partial charge in [0.25, 0.3) is 0 Å². The zero-order valence-electron chi connectivity index (χ0n) is 19.7. The third-order valence-corrected chi connectivity index (χ3v) is 6.22. The van der Waals surface area contributed by atoms with E-state index >= 15 is 0 Å². The van der Waals surface area contributed by atoms with Crippen molar-refractivity contribution in [3.63, 3.8) is 0 Å². The largest absolute Gasteiger partial charge is 0.477 e. The normalized spacial score (nSPS) is 13.4. The van der Waals surface area contributed by atoms with Crippen molar-refractivity contribution < 1.29 is 14.3 Å². The Balaban J connectivity index is 1.75. The molecule has 2 aromatic carbocycles. The zero-order chi connectivity index (χ0) is 23.7. The van der Waals surface area contributed by atoms with E-state index in [-0.39, 0.29) is 5.97 Å². The number of pyridine rings is 1. The quantitative estimate of drug-likeness (QED) is 0.420. The summed E-state index contributed by atoms with van der Waals surface area (Å²) >= 11 is 0. The first-order valence-corrected chi connectivity index (χ1v) is 11.4. The summed E-state index contributed by atoms with van der Waals surface area (Å²) in [4.78, 5) is 19.6. The van der Waals surface area contributed by atoms with Crippen LogP contribution in [-0.2, 0) is 24.9 Å². The minimum absolute atomic E-state index is 0.314. The second-order valence-electron chi connectivity index (χ2n) is 8.47. The molecule has 5 rings (SSSR count). The van der Waals surface area contributed by atoms with Crippen molar-refractivity contribution in [3.05, 3.63) is 77.7 Å². The Morgan fingerprint density at radius 3 is 2.65 bits per heavy atom. The van der Waals surface area contributed by atoms with Crippen LogP contribution < -0.4 is 10.1 Å². The number of ether oxygens (including phenoxy) is 2. The minimum atomic E-state index is -0.315. The molecule has 0 atom stereocenters. The number of nitrogens with zero attached hydrogens (tertiary/aromatic N) is 3. The molecule has 2 aromatic heterocycles. The van der Waals surface area contributed by atoms with Crippen LogP contribution in [0.4, 0.5) is 5.69 Å². The van der Waals surface area contributed by atoms with Crippen LogP contribution in [0, 0.1) is 0 Å². The van der Waals surface area contributed by atoms with Gasteiger partial charge in [-0.25, -0.2) is 4.79 Å². The molecule has 0 unspecified atom stereocenters. The molecule has 0 saturated carbocycles. The number of benzene rings is 2. The van der Waals surface area contributed by atoms with Crippen molar-refractivity contribution in [2.75, 3.05) is 25.7 Å². The second-order valence-corrected chi connectivity index (χ2v) is 8.47. The van der Waals surface area contributed by atoms with Gasteiger partial charge in [-0.2, -0.15) is 0 Å². The van der Waals surface area contributed by atoms with Crippen molar-refractivity contribution in [3.8, 4) is 16.9 Å². The second kappa shape index (κ2) is 9.19. The SMILES string of the molecule is CCOC(=O)c1c(CNc2ccccc2)n(C)c2cc(-c3ccncc3)c3c(c12)CN(C)CO3. The summed E-state index contributed by atoms with van der Waals surface area (Å²) < 4.78 is 13.9. The van der Waals surface area contributed by atoms with Crippen LogP contribution in [0.2, 0.25) is 0 Å². The minimum Gasteiger partial charge on any atom is -0.477 e. The number of carbonyl (C=O) groups excluding carboxylic acids is 1. The standard InChI is InChI=1S/C27H28N4O3/c1-4-33-27(32)25-23(15-29-19-8-6-5-7-9-19)31(3)22-14-20(18-10-12-28-13-11-18)26-21(24(22)25)16-30(2)17-34-26/h5-14,29H,4,15-17H2,1-3H3. The molecule has 0 bridgehead atoms. The average molecular weight is 457 g/mol. The summed E-state index contributed by atoms with van der Waals surface area (Å²) in [5, 5.41) is 4.35. The number of rotatable bonds is 6. The monoisotopic (exact) mass is 456 g/mol. The molecule has 174 valence electrons. The molecular weight excluding hydrogens is 428 g/mol. The van der Waals surface area contributed by atoms with Crippen LogP contribution in [0.1, 0.15) is 28.5 Å². The van der Waals surface area contributed by atoms with E-state index in [0.29, 0.717) is 32.0 Å². The van der Waals surface area contributed by atoms with Crippen molar-refractivity contribution in [2.24, 2.45) is 7.05 Å². The Labute approximate surface area is 198 Å². The molecule has 0 radical (unpaired) electrons. The van der Waals surface area contributed by atoms with E-state index in [1.165, 1.54) is 0 Å². The van der Waals surface area contributed by atoms with E-state index in [1.807, 2.05) is 63.5 Å². The molecule has 7 heteroatoms. The maximum atomic E-state index is 13.3. The lowest BCUT2D eigenvalue weighted by molar-refractivity contribution is 0.0527. The van der Waals surface area contributed by atoms with Gasteiger partial charge in [-0.3, -0.25) is 9.88 Å². The van der Waals surface area contributed by atoms with Gasteiger partial charge in [0.05, 0.1) is 29.9 Å². The van der Waals surface area contributed by atoms with Gasteiger partial charge < -0.3 is 19.4 Å². The summed E-state index contributed by atoms with van der Waals surface area (Å²) in [6.45, 7) is 3.79. The molecule has 7 nitrogen and oxygen atoms in total. The molecule has 3 heterocycles. The predicted molar refractivity (Wildman–Crippen MR) is 133 cm³/mol. The number of hydrogen-bond acceptors (Lipinski definition) is 6. The lowest BCUT2D eigenvalue weighted by Crippen LogP contribution is -2.28. The number of hydrogen-bond donors (Lipinski definition) is 1. The predicted octanol–water partition coefficient (Wildman–Crippen LogP) is 4.81. The highest BCUT2D eigenvalue weighted by Crippen LogP contribution is 2.43. The number of aryl methyl sites for hydroxylation is 1. The van der Waals surface area contributed by atoms with E-state index in [0.717, 1.165) is 44.7 Å². The molecule has 1 aliphatic heterocycles. The van der Waals surface area contributed by atoms with E-state index in [2.05, 4.69) is 25.8 Å². The van der Waals surface area contributed by atoms with Crippen LogP contribution in [0.5, 0.6) is 5.75 Å². The van der Waals surface area contributed by atoms with Crippen LogP contribution in [0.15, 0.2) is 60.9 Å². The van der Waals surface area contributed by atoms with Crippen molar-refractivity contribution in [1.29, 1.82) is 0 Å². The van der Waals surface area contributed by atoms with Gasteiger partial charge in [0, 0.05) is 48.2 Å².